The number of hydrogen-bond acceptors (Lipinski definition) is 6. The van der Waals surface area contributed by atoms with Crippen LogP contribution in [0.1, 0.15) is 45.2 Å². The quantitative estimate of drug-likeness (QED) is 0.391. The van der Waals surface area contributed by atoms with Gasteiger partial charge in [0.05, 0.1) is 19.3 Å². The molecule has 0 bridgehead atoms. The first kappa shape index (κ1) is 26.3. The van der Waals surface area contributed by atoms with Gasteiger partial charge in [-0.15, -0.1) is 11.3 Å². The molecular formula is C30H34N2O5S. The predicted molar refractivity (Wildman–Crippen MR) is 147 cm³/mol. The van der Waals surface area contributed by atoms with Crippen molar-refractivity contribution >= 4 is 23.2 Å². The lowest BCUT2D eigenvalue weighted by atomic mass is 10.00. The molecule has 200 valence electrons. The van der Waals surface area contributed by atoms with Gasteiger partial charge >= 0.3 is 0 Å². The Labute approximate surface area is 227 Å². The first-order valence-corrected chi connectivity index (χ1v) is 14.0. The minimum absolute atomic E-state index is 0.0175. The lowest BCUT2D eigenvalue weighted by molar-refractivity contribution is -0.135. The Morgan fingerprint density at radius 3 is 2.74 bits per heavy atom. The summed E-state index contributed by atoms with van der Waals surface area (Å²) < 4.78 is 17.3. The summed E-state index contributed by atoms with van der Waals surface area (Å²) in [5.74, 6) is 1.09. The second-order valence-corrected chi connectivity index (χ2v) is 10.8. The highest BCUT2D eigenvalue weighted by Crippen LogP contribution is 2.34. The number of fused-ring (bicyclic) bond motifs is 1. The van der Waals surface area contributed by atoms with Gasteiger partial charge in [-0.1, -0.05) is 23.8 Å². The number of thiophene rings is 1. The molecule has 2 aliphatic heterocycles. The Morgan fingerprint density at radius 1 is 1.13 bits per heavy atom. The molecule has 1 aromatic heterocycles. The van der Waals surface area contributed by atoms with E-state index in [9.17, 15) is 9.59 Å². The number of rotatable bonds is 9. The Bertz CT molecular complexity index is 1250. The fraction of sp³-hybridized carbons (Fsp3) is 0.400. The van der Waals surface area contributed by atoms with Crippen LogP contribution in [0.3, 0.4) is 0 Å². The van der Waals surface area contributed by atoms with Gasteiger partial charge in [-0.3, -0.25) is 9.59 Å². The second-order valence-electron chi connectivity index (χ2n) is 9.83. The van der Waals surface area contributed by atoms with E-state index in [-0.39, 0.29) is 30.5 Å². The highest BCUT2D eigenvalue weighted by atomic mass is 32.1. The van der Waals surface area contributed by atoms with E-state index in [2.05, 4.69) is 11.4 Å². The van der Waals surface area contributed by atoms with Crippen LogP contribution in [0.25, 0.3) is 0 Å². The van der Waals surface area contributed by atoms with Gasteiger partial charge in [0.15, 0.2) is 0 Å². The van der Waals surface area contributed by atoms with Gasteiger partial charge in [0.1, 0.15) is 24.7 Å². The van der Waals surface area contributed by atoms with Gasteiger partial charge in [-0.25, -0.2) is 0 Å². The van der Waals surface area contributed by atoms with Crippen molar-refractivity contribution in [3.8, 4) is 11.5 Å². The van der Waals surface area contributed by atoms with E-state index in [1.54, 1.807) is 47.6 Å². The topological polar surface area (TPSA) is 68.3 Å². The van der Waals surface area contributed by atoms with Crippen molar-refractivity contribution in [1.82, 2.24) is 9.80 Å². The van der Waals surface area contributed by atoms with E-state index in [4.69, 9.17) is 14.2 Å². The van der Waals surface area contributed by atoms with Gasteiger partial charge in [0.25, 0.3) is 5.91 Å². The smallest absolute Gasteiger partial charge is 0.254 e. The SMILES string of the molecule is COc1cccc(C(=O)N(CC(=O)N2CCc3sccc3[C@@H]2COc2ccc(C)cc2)C[C@H]2CCCO2)c1. The molecule has 1 saturated heterocycles. The molecular weight excluding hydrogens is 500 g/mol. The molecule has 0 radical (unpaired) electrons. The van der Waals surface area contributed by atoms with Crippen LogP contribution < -0.4 is 9.47 Å². The Balaban J connectivity index is 1.35. The van der Waals surface area contributed by atoms with Crippen LogP contribution in [0, 0.1) is 6.92 Å². The van der Waals surface area contributed by atoms with Crippen LogP contribution in [0.4, 0.5) is 0 Å². The van der Waals surface area contributed by atoms with E-state index >= 15 is 0 Å². The monoisotopic (exact) mass is 534 g/mol. The third-order valence-corrected chi connectivity index (χ3v) is 8.22. The summed E-state index contributed by atoms with van der Waals surface area (Å²) in [6, 6.07) is 16.9. The van der Waals surface area contributed by atoms with E-state index < -0.39 is 0 Å². The molecule has 2 aromatic carbocycles. The van der Waals surface area contributed by atoms with Crippen LogP contribution in [0.5, 0.6) is 11.5 Å². The Morgan fingerprint density at radius 2 is 1.97 bits per heavy atom. The maximum Gasteiger partial charge on any atom is 0.254 e. The van der Waals surface area contributed by atoms with Crippen molar-refractivity contribution < 1.29 is 23.8 Å². The normalized spacial score (nSPS) is 18.6. The van der Waals surface area contributed by atoms with Crippen molar-refractivity contribution in [2.75, 3.05) is 40.0 Å². The van der Waals surface area contributed by atoms with Gasteiger partial charge in [-0.05, 0) is 73.5 Å². The summed E-state index contributed by atoms with van der Waals surface area (Å²) in [7, 11) is 1.57. The van der Waals surface area contributed by atoms with Crippen molar-refractivity contribution in [3.05, 3.63) is 81.5 Å². The van der Waals surface area contributed by atoms with Crippen molar-refractivity contribution in [2.24, 2.45) is 0 Å². The molecule has 2 amide bonds. The molecule has 1 fully saturated rings. The maximum atomic E-state index is 13.9. The van der Waals surface area contributed by atoms with Crippen LogP contribution >= 0.6 is 11.3 Å². The number of aryl methyl sites for hydroxylation is 1. The maximum absolute atomic E-state index is 13.9. The molecule has 0 spiro atoms. The largest absolute Gasteiger partial charge is 0.497 e. The molecule has 8 heteroatoms. The standard InChI is InChI=1S/C30H34N2O5S/c1-21-8-10-23(11-9-21)37-20-27-26-13-16-38-28(26)12-14-32(27)29(33)19-31(18-25-7-4-15-36-25)30(34)22-5-3-6-24(17-22)35-2/h3,5-6,8-11,13,16-17,25,27H,4,7,12,14-15,18-20H2,1-2H3/t25-,27+/m1/s1. The molecule has 0 N–H and O–H groups in total. The molecule has 0 unspecified atom stereocenters. The fourth-order valence-corrected chi connectivity index (χ4v) is 6.06. The number of nitrogens with zero attached hydrogens (tertiary/aromatic N) is 2. The predicted octanol–water partition coefficient (Wildman–Crippen LogP) is 4.89. The summed E-state index contributed by atoms with van der Waals surface area (Å²) in [5.41, 5.74) is 2.79. The lowest BCUT2D eigenvalue weighted by Crippen LogP contribution is -2.49. The van der Waals surface area contributed by atoms with Crippen LogP contribution in [0.2, 0.25) is 0 Å². The zero-order chi connectivity index (χ0) is 26.5. The minimum atomic E-state index is -0.213. The third-order valence-electron chi connectivity index (χ3n) is 7.22. The molecule has 2 aliphatic rings. The van der Waals surface area contributed by atoms with Crippen LogP contribution in [-0.4, -0.2) is 67.7 Å². The molecule has 38 heavy (non-hydrogen) atoms. The number of ether oxygens (including phenoxy) is 3. The molecule has 3 heterocycles. The van der Waals surface area contributed by atoms with Gasteiger partial charge in [0.2, 0.25) is 5.91 Å². The summed E-state index contributed by atoms with van der Waals surface area (Å²) in [4.78, 5) is 32.3. The van der Waals surface area contributed by atoms with Gasteiger partial charge in [-0.2, -0.15) is 0 Å². The van der Waals surface area contributed by atoms with E-state index in [1.165, 1.54) is 10.4 Å². The van der Waals surface area contributed by atoms with E-state index in [1.807, 2.05) is 36.1 Å². The fourth-order valence-electron chi connectivity index (χ4n) is 5.13. The molecule has 5 rings (SSSR count). The zero-order valence-electron chi connectivity index (χ0n) is 21.9. The number of methoxy groups -OCH3 is 1. The lowest BCUT2D eigenvalue weighted by Gasteiger charge is -2.37. The second kappa shape index (κ2) is 12.0. The Hall–Kier alpha value is -3.36. The zero-order valence-corrected chi connectivity index (χ0v) is 22.7. The summed E-state index contributed by atoms with van der Waals surface area (Å²) in [6.07, 6.45) is 2.58. The minimum Gasteiger partial charge on any atom is -0.497 e. The molecule has 2 atom stereocenters. The third kappa shape index (κ3) is 6.03. The number of carbonyl (C=O) groups excluding carboxylic acids is 2. The van der Waals surface area contributed by atoms with Crippen molar-refractivity contribution in [1.29, 1.82) is 0 Å². The average Bonchev–Trinajstić information content (AvgIpc) is 3.64. The summed E-state index contributed by atoms with van der Waals surface area (Å²) in [6.45, 7) is 4.03. The summed E-state index contributed by atoms with van der Waals surface area (Å²) >= 11 is 1.72. The molecule has 0 aliphatic carbocycles. The highest BCUT2D eigenvalue weighted by Gasteiger charge is 2.34. The van der Waals surface area contributed by atoms with Gasteiger partial charge in [0, 0.05) is 30.1 Å². The highest BCUT2D eigenvalue weighted by molar-refractivity contribution is 7.10. The molecule has 7 nitrogen and oxygen atoms in total. The number of amides is 2. The van der Waals surface area contributed by atoms with E-state index in [0.717, 1.165) is 30.6 Å². The number of carbonyl (C=O) groups is 2. The molecule has 0 saturated carbocycles. The average molecular weight is 535 g/mol. The van der Waals surface area contributed by atoms with Crippen LogP contribution in [0.15, 0.2) is 60.0 Å². The van der Waals surface area contributed by atoms with E-state index in [0.29, 0.717) is 37.6 Å². The number of benzene rings is 2. The number of hydrogen-bond donors (Lipinski definition) is 0. The van der Waals surface area contributed by atoms with Crippen molar-refractivity contribution in [2.45, 2.75) is 38.3 Å². The van der Waals surface area contributed by atoms with Gasteiger partial charge < -0.3 is 24.0 Å². The van der Waals surface area contributed by atoms with Crippen LogP contribution in [-0.2, 0) is 16.0 Å². The first-order valence-electron chi connectivity index (χ1n) is 13.1. The van der Waals surface area contributed by atoms with Crippen molar-refractivity contribution in [3.63, 3.8) is 0 Å². The summed E-state index contributed by atoms with van der Waals surface area (Å²) in [5, 5.41) is 2.08. The molecule has 3 aromatic rings. The Kier molecular flexibility index (Phi) is 8.29. The first-order chi connectivity index (χ1) is 18.5.